The van der Waals surface area contributed by atoms with Crippen molar-refractivity contribution in [3.05, 3.63) is 24.4 Å². The minimum atomic E-state index is -0.0440. The number of amides is 1. The standard InChI is InChI=1S/C22H32N2O3/c25-21(17-18-5-1-2-6-18)24-13-10-22(11-14-24)19(9-16-27-22)8-15-26-20-7-3-4-12-23-20/h3-4,7,12,18-19H,1-2,5-6,8-11,13-17H2. The van der Waals surface area contributed by atoms with E-state index in [1.165, 1.54) is 25.7 Å². The fraction of sp³-hybridized carbons (Fsp3) is 0.727. The highest BCUT2D eigenvalue weighted by Crippen LogP contribution is 2.42. The second-order valence-electron chi connectivity index (χ2n) is 8.44. The number of nitrogens with zero attached hydrogens (tertiary/aromatic N) is 2. The Morgan fingerprint density at radius 1 is 1.22 bits per heavy atom. The van der Waals surface area contributed by atoms with Gasteiger partial charge in [0.25, 0.3) is 0 Å². The Labute approximate surface area is 162 Å². The summed E-state index contributed by atoms with van der Waals surface area (Å²) in [6.45, 7) is 3.22. The zero-order chi connectivity index (χ0) is 18.5. The molecule has 1 spiro atoms. The predicted octanol–water partition coefficient (Wildman–Crippen LogP) is 3.83. The first-order valence-electron chi connectivity index (χ1n) is 10.7. The van der Waals surface area contributed by atoms with E-state index < -0.39 is 0 Å². The van der Waals surface area contributed by atoms with E-state index in [0.717, 1.165) is 51.8 Å². The Bertz CT molecular complexity index is 607. The molecule has 148 valence electrons. The molecule has 5 heteroatoms. The molecule has 27 heavy (non-hydrogen) atoms. The van der Waals surface area contributed by atoms with Crippen LogP contribution in [0.4, 0.5) is 0 Å². The van der Waals surface area contributed by atoms with E-state index in [1.807, 2.05) is 18.2 Å². The lowest BCUT2D eigenvalue weighted by Crippen LogP contribution is -2.49. The molecule has 1 atom stereocenters. The number of carbonyl (C=O) groups is 1. The van der Waals surface area contributed by atoms with Crippen molar-refractivity contribution in [1.82, 2.24) is 9.88 Å². The quantitative estimate of drug-likeness (QED) is 0.762. The molecule has 0 N–H and O–H groups in total. The highest BCUT2D eigenvalue weighted by Gasteiger charge is 2.46. The summed E-state index contributed by atoms with van der Waals surface area (Å²) in [5, 5.41) is 0. The van der Waals surface area contributed by atoms with Gasteiger partial charge in [0.15, 0.2) is 0 Å². The molecule has 5 nitrogen and oxygen atoms in total. The Balaban J connectivity index is 1.25. The number of hydrogen-bond acceptors (Lipinski definition) is 4. The third-order valence-electron chi connectivity index (χ3n) is 6.85. The largest absolute Gasteiger partial charge is 0.478 e. The van der Waals surface area contributed by atoms with Crippen molar-refractivity contribution in [1.29, 1.82) is 0 Å². The van der Waals surface area contributed by atoms with Gasteiger partial charge in [-0.15, -0.1) is 0 Å². The van der Waals surface area contributed by atoms with Gasteiger partial charge in [-0.05, 0) is 56.4 Å². The molecule has 3 fully saturated rings. The van der Waals surface area contributed by atoms with E-state index in [0.29, 0.717) is 30.2 Å². The molecule has 1 amide bonds. The molecule has 3 aliphatic rings. The predicted molar refractivity (Wildman–Crippen MR) is 104 cm³/mol. The van der Waals surface area contributed by atoms with Crippen LogP contribution < -0.4 is 4.74 Å². The molecule has 1 aromatic rings. The van der Waals surface area contributed by atoms with Crippen LogP contribution in [0.5, 0.6) is 5.88 Å². The first-order chi connectivity index (χ1) is 13.3. The molecule has 0 radical (unpaired) electrons. The summed E-state index contributed by atoms with van der Waals surface area (Å²) in [7, 11) is 0. The zero-order valence-corrected chi connectivity index (χ0v) is 16.3. The van der Waals surface area contributed by atoms with Crippen LogP contribution in [0, 0.1) is 11.8 Å². The van der Waals surface area contributed by atoms with E-state index >= 15 is 0 Å². The van der Waals surface area contributed by atoms with Crippen molar-refractivity contribution in [2.75, 3.05) is 26.3 Å². The van der Waals surface area contributed by atoms with Crippen LogP contribution in [0.3, 0.4) is 0 Å². The number of piperidine rings is 1. The fourth-order valence-electron chi connectivity index (χ4n) is 5.21. The van der Waals surface area contributed by atoms with E-state index in [9.17, 15) is 4.79 Å². The van der Waals surface area contributed by atoms with Crippen LogP contribution in [0.25, 0.3) is 0 Å². The molecule has 1 unspecified atom stereocenters. The number of ether oxygens (including phenoxy) is 2. The molecule has 0 bridgehead atoms. The number of likely N-dealkylation sites (tertiary alicyclic amines) is 1. The van der Waals surface area contributed by atoms with Crippen LogP contribution in [-0.2, 0) is 9.53 Å². The summed E-state index contributed by atoms with van der Waals surface area (Å²) >= 11 is 0. The van der Waals surface area contributed by atoms with Gasteiger partial charge >= 0.3 is 0 Å². The normalized spacial score (nSPS) is 25.2. The first-order valence-corrected chi connectivity index (χ1v) is 10.7. The van der Waals surface area contributed by atoms with E-state index in [-0.39, 0.29) is 5.60 Å². The van der Waals surface area contributed by atoms with Gasteiger partial charge in [0.1, 0.15) is 0 Å². The van der Waals surface area contributed by atoms with Gasteiger partial charge in [0, 0.05) is 38.4 Å². The molecule has 1 saturated carbocycles. The van der Waals surface area contributed by atoms with Crippen LogP contribution in [0.15, 0.2) is 24.4 Å². The summed E-state index contributed by atoms with van der Waals surface area (Å²) in [4.78, 5) is 18.9. The summed E-state index contributed by atoms with van der Waals surface area (Å²) in [6.07, 6.45) is 11.6. The smallest absolute Gasteiger partial charge is 0.222 e. The number of hydrogen-bond donors (Lipinski definition) is 0. The molecular formula is C22H32N2O3. The lowest BCUT2D eigenvalue weighted by molar-refractivity contribution is -0.138. The van der Waals surface area contributed by atoms with Crippen molar-refractivity contribution in [2.45, 2.75) is 63.4 Å². The zero-order valence-electron chi connectivity index (χ0n) is 16.3. The summed E-state index contributed by atoms with van der Waals surface area (Å²) in [6, 6.07) is 5.74. The van der Waals surface area contributed by atoms with Gasteiger partial charge in [-0.2, -0.15) is 0 Å². The van der Waals surface area contributed by atoms with Crippen LogP contribution in [0.2, 0.25) is 0 Å². The molecule has 1 aromatic heterocycles. The third-order valence-corrected chi connectivity index (χ3v) is 6.85. The molecule has 2 aliphatic heterocycles. The van der Waals surface area contributed by atoms with Gasteiger partial charge in [-0.3, -0.25) is 4.79 Å². The van der Waals surface area contributed by atoms with E-state index in [1.54, 1.807) is 6.20 Å². The second-order valence-corrected chi connectivity index (χ2v) is 8.44. The molecular weight excluding hydrogens is 340 g/mol. The minimum Gasteiger partial charge on any atom is -0.478 e. The Morgan fingerprint density at radius 3 is 2.78 bits per heavy atom. The molecule has 2 saturated heterocycles. The Kier molecular flexibility index (Phi) is 5.96. The van der Waals surface area contributed by atoms with Gasteiger partial charge < -0.3 is 14.4 Å². The summed E-state index contributed by atoms with van der Waals surface area (Å²) in [5.74, 6) is 2.21. The lowest BCUT2D eigenvalue weighted by atomic mass is 9.78. The monoisotopic (exact) mass is 372 g/mol. The maximum atomic E-state index is 12.6. The molecule has 0 aromatic carbocycles. The fourth-order valence-corrected chi connectivity index (χ4v) is 5.21. The number of pyridine rings is 1. The Hall–Kier alpha value is -1.62. The van der Waals surface area contributed by atoms with E-state index in [4.69, 9.17) is 9.47 Å². The second kappa shape index (κ2) is 8.59. The summed E-state index contributed by atoms with van der Waals surface area (Å²) < 4.78 is 12.1. The average molecular weight is 373 g/mol. The SMILES string of the molecule is O=C(CC1CCCC1)N1CCC2(CC1)OCCC2CCOc1ccccn1. The Morgan fingerprint density at radius 2 is 2.04 bits per heavy atom. The van der Waals surface area contributed by atoms with Crippen LogP contribution >= 0.6 is 0 Å². The number of rotatable bonds is 6. The third kappa shape index (κ3) is 4.45. The van der Waals surface area contributed by atoms with E-state index in [2.05, 4.69) is 9.88 Å². The van der Waals surface area contributed by atoms with Crippen molar-refractivity contribution in [3.63, 3.8) is 0 Å². The average Bonchev–Trinajstić information content (AvgIpc) is 3.34. The minimum absolute atomic E-state index is 0.0440. The van der Waals surface area contributed by atoms with Crippen LogP contribution in [-0.4, -0.2) is 47.7 Å². The van der Waals surface area contributed by atoms with Crippen LogP contribution in [0.1, 0.15) is 57.8 Å². The molecule has 1 aliphatic carbocycles. The number of carbonyl (C=O) groups excluding carboxylic acids is 1. The molecule has 4 rings (SSSR count). The van der Waals surface area contributed by atoms with Crippen molar-refractivity contribution < 1.29 is 14.3 Å². The van der Waals surface area contributed by atoms with Crippen molar-refractivity contribution in [3.8, 4) is 5.88 Å². The van der Waals surface area contributed by atoms with Gasteiger partial charge in [-0.1, -0.05) is 18.9 Å². The highest BCUT2D eigenvalue weighted by atomic mass is 16.5. The topological polar surface area (TPSA) is 51.7 Å². The lowest BCUT2D eigenvalue weighted by Gasteiger charge is -2.42. The number of aromatic nitrogens is 1. The van der Waals surface area contributed by atoms with Gasteiger partial charge in [-0.25, -0.2) is 4.98 Å². The molecule has 3 heterocycles. The first kappa shape index (κ1) is 18.7. The highest BCUT2D eigenvalue weighted by molar-refractivity contribution is 5.76. The van der Waals surface area contributed by atoms with Crippen molar-refractivity contribution in [2.24, 2.45) is 11.8 Å². The van der Waals surface area contributed by atoms with Gasteiger partial charge in [0.05, 0.1) is 12.2 Å². The van der Waals surface area contributed by atoms with Crippen molar-refractivity contribution >= 4 is 5.91 Å². The maximum absolute atomic E-state index is 12.6. The summed E-state index contributed by atoms with van der Waals surface area (Å²) in [5.41, 5.74) is -0.0440. The van der Waals surface area contributed by atoms with Gasteiger partial charge in [0.2, 0.25) is 11.8 Å². The maximum Gasteiger partial charge on any atom is 0.222 e.